The van der Waals surface area contributed by atoms with Crippen molar-refractivity contribution >= 4 is 35.0 Å². The fourth-order valence-electron chi connectivity index (χ4n) is 4.60. The molecule has 1 N–H and O–H groups in total. The number of rotatable bonds is 10. The maximum atomic E-state index is 13.4. The fourth-order valence-corrected chi connectivity index (χ4v) is 6.32. The summed E-state index contributed by atoms with van der Waals surface area (Å²) in [6.45, 7) is 2.27. The molecular formula is C29H32ClNO6S. The molecule has 0 saturated carbocycles. The summed E-state index contributed by atoms with van der Waals surface area (Å²) in [5, 5.41) is 3.85. The van der Waals surface area contributed by atoms with E-state index in [1.807, 2.05) is 43.0 Å². The maximum Gasteiger partial charge on any atom is 0.259 e. The van der Waals surface area contributed by atoms with Crippen molar-refractivity contribution in [1.82, 2.24) is 0 Å². The summed E-state index contributed by atoms with van der Waals surface area (Å²) in [7, 11) is 6.42. The molecule has 2 atom stereocenters. The van der Waals surface area contributed by atoms with Gasteiger partial charge in [0.1, 0.15) is 0 Å². The summed E-state index contributed by atoms with van der Waals surface area (Å²) >= 11 is 7.95. The number of benzene rings is 3. The number of nitrogens with one attached hydrogen (secondary N) is 1. The molecule has 38 heavy (non-hydrogen) atoms. The minimum atomic E-state index is -0.292. The molecule has 1 amide bonds. The minimum Gasteiger partial charge on any atom is -0.493 e. The van der Waals surface area contributed by atoms with Crippen LogP contribution in [0.15, 0.2) is 48.5 Å². The van der Waals surface area contributed by atoms with E-state index in [1.165, 1.54) is 0 Å². The number of halogens is 1. The summed E-state index contributed by atoms with van der Waals surface area (Å²) in [6.07, 6.45) is 1.88. The van der Waals surface area contributed by atoms with Crippen LogP contribution in [0.1, 0.15) is 51.8 Å². The minimum absolute atomic E-state index is 0.154. The standard InChI is InChI=1S/C29H32ClNO6S/c1-6-37-27-21(29(32)31-20-9-7-8-19(30)16-20)12-17(13-22(27)33-2)25-10-11-26(38-25)18-14-23(34-3)28(36-5)24(15-18)35-4/h7-9,12-16,25-26H,6,10-11H2,1-5H3,(H,31,32). The molecule has 3 aromatic carbocycles. The Morgan fingerprint density at radius 3 is 1.97 bits per heavy atom. The van der Waals surface area contributed by atoms with E-state index in [0.29, 0.717) is 51.6 Å². The van der Waals surface area contributed by atoms with Crippen LogP contribution in [0.3, 0.4) is 0 Å². The highest BCUT2D eigenvalue weighted by Gasteiger charge is 2.31. The van der Waals surface area contributed by atoms with Crippen molar-refractivity contribution in [3.05, 3.63) is 70.2 Å². The van der Waals surface area contributed by atoms with Gasteiger partial charge in [0.25, 0.3) is 5.91 Å². The average Bonchev–Trinajstić information content (AvgIpc) is 3.42. The van der Waals surface area contributed by atoms with Gasteiger partial charge in [0.05, 0.1) is 40.6 Å². The highest BCUT2D eigenvalue weighted by Crippen LogP contribution is 2.55. The first-order valence-electron chi connectivity index (χ1n) is 12.3. The molecule has 7 nitrogen and oxygen atoms in total. The summed E-state index contributed by atoms with van der Waals surface area (Å²) in [5.41, 5.74) is 3.12. The van der Waals surface area contributed by atoms with Crippen molar-refractivity contribution in [2.45, 2.75) is 30.3 Å². The average molecular weight is 558 g/mol. The highest BCUT2D eigenvalue weighted by atomic mass is 35.5. The Labute approximate surface area is 232 Å². The Bertz CT molecular complexity index is 1280. The van der Waals surface area contributed by atoms with E-state index in [-0.39, 0.29) is 16.4 Å². The lowest BCUT2D eigenvalue weighted by Crippen LogP contribution is -2.15. The van der Waals surface area contributed by atoms with E-state index in [0.717, 1.165) is 24.0 Å². The Hall–Kier alpha value is -3.23. The molecule has 4 rings (SSSR count). The van der Waals surface area contributed by atoms with E-state index in [1.54, 1.807) is 52.7 Å². The van der Waals surface area contributed by atoms with E-state index < -0.39 is 0 Å². The maximum absolute atomic E-state index is 13.4. The molecule has 0 aliphatic carbocycles. The first kappa shape index (κ1) is 27.8. The predicted octanol–water partition coefficient (Wildman–Crippen LogP) is 7.33. The third kappa shape index (κ3) is 5.92. The lowest BCUT2D eigenvalue weighted by Gasteiger charge is -2.19. The van der Waals surface area contributed by atoms with Crippen LogP contribution in [0.4, 0.5) is 5.69 Å². The lowest BCUT2D eigenvalue weighted by atomic mass is 10.0. The molecule has 1 fully saturated rings. The monoisotopic (exact) mass is 557 g/mol. The van der Waals surface area contributed by atoms with Crippen molar-refractivity contribution in [3.63, 3.8) is 0 Å². The normalized spacial score (nSPS) is 16.6. The molecule has 0 spiro atoms. The van der Waals surface area contributed by atoms with Crippen molar-refractivity contribution in [2.24, 2.45) is 0 Å². The Kier molecular flexibility index (Phi) is 9.17. The third-order valence-electron chi connectivity index (χ3n) is 6.36. The number of thioether (sulfide) groups is 1. The van der Waals surface area contributed by atoms with Crippen LogP contribution in [0.25, 0.3) is 0 Å². The van der Waals surface area contributed by atoms with Crippen LogP contribution in [-0.2, 0) is 0 Å². The summed E-state index contributed by atoms with van der Waals surface area (Å²) < 4.78 is 28.1. The van der Waals surface area contributed by atoms with Crippen LogP contribution in [0.5, 0.6) is 28.7 Å². The van der Waals surface area contributed by atoms with Crippen molar-refractivity contribution < 1.29 is 28.5 Å². The number of anilines is 1. The van der Waals surface area contributed by atoms with Crippen LogP contribution in [0, 0.1) is 0 Å². The first-order chi connectivity index (χ1) is 18.4. The van der Waals surface area contributed by atoms with Crippen LogP contribution in [0.2, 0.25) is 5.02 Å². The molecule has 1 aliphatic rings. The number of carbonyl (C=O) groups excluding carboxylic acids is 1. The Morgan fingerprint density at radius 1 is 0.868 bits per heavy atom. The second kappa shape index (κ2) is 12.5. The Morgan fingerprint density at radius 2 is 1.45 bits per heavy atom. The zero-order valence-electron chi connectivity index (χ0n) is 22.1. The van der Waals surface area contributed by atoms with Gasteiger partial charge in [-0.25, -0.2) is 0 Å². The summed E-state index contributed by atoms with van der Waals surface area (Å²) in [4.78, 5) is 13.4. The second-order valence-electron chi connectivity index (χ2n) is 8.65. The summed E-state index contributed by atoms with van der Waals surface area (Å²) in [5.74, 6) is 2.49. The van der Waals surface area contributed by atoms with Gasteiger partial charge in [-0.15, -0.1) is 11.8 Å². The SMILES string of the molecule is CCOc1c(OC)cc(C2CCC(c3cc(OC)c(OC)c(OC)c3)S2)cc1C(=O)Nc1cccc(Cl)c1. The third-order valence-corrected chi connectivity index (χ3v) is 8.27. The Balaban J connectivity index is 1.65. The molecule has 202 valence electrons. The number of ether oxygens (including phenoxy) is 5. The van der Waals surface area contributed by atoms with Gasteiger partial charge in [0.2, 0.25) is 5.75 Å². The van der Waals surface area contributed by atoms with E-state index in [4.69, 9.17) is 35.3 Å². The summed E-state index contributed by atoms with van der Waals surface area (Å²) in [6, 6.07) is 14.9. The smallest absolute Gasteiger partial charge is 0.259 e. The van der Waals surface area contributed by atoms with Gasteiger partial charge in [0, 0.05) is 21.2 Å². The lowest BCUT2D eigenvalue weighted by molar-refractivity contribution is 0.102. The molecule has 3 aromatic rings. The van der Waals surface area contributed by atoms with Crippen molar-refractivity contribution in [2.75, 3.05) is 40.4 Å². The topological polar surface area (TPSA) is 75.2 Å². The van der Waals surface area contributed by atoms with Crippen LogP contribution < -0.4 is 29.0 Å². The number of hydrogen-bond acceptors (Lipinski definition) is 7. The van der Waals surface area contributed by atoms with Gasteiger partial charge in [-0.2, -0.15) is 0 Å². The van der Waals surface area contributed by atoms with Gasteiger partial charge in [-0.3, -0.25) is 4.79 Å². The van der Waals surface area contributed by atoms with Crippen molar-refractivity contribution in [3.8, 4) is 28.7 Å². The molecule has 0 radical (unpaired) electrons. The van der Waals surface area contributed by atoms with Gasteiger partial charge in [0.15, 0.2) is 23.0 Å². The highest BCUT2D eigenvalue weighted by molar-refractivity contribution is 8.00. The van der Waals surface area contributed by atoms with E-state index in [2.05, 4.69) is 5.32 Å². The predicted molar refractivity (Wildman–Crippen MR) is 152 cm³/mol. The zero-order valence-corrected chi connectivity index (χ0v) is 23.7. The second-order valence-corrected chi connectivity index (χ2v) is 10.5. The molecule has 1 aliphatic heterocycles. The number of hydrogen-bond donors (Lipinski definition) is 1. The first-order valence-corrected chi connectivity index (χ1v) is 13.6. The van der Waals surface area contributed by atoms with Gasteiger partial charge in [-0.1, -0.05) is 17.7 Å². The van der Waals surface area contributed by atoms with Crippen LogP contribution >= 0.6 is 23.4 Å². The largest absolute Gasteiger partial charge is 0.493 e. The number of amides is 1. The van der Waals surface area contributed by atoms with E-state index in [9.17, 15) is 4.79 Å². The van der Waals surface area contributed by atoms with Crippen LogP contribution in [-0.4, -0.2) is 41.0 Å². The van der Waals surface area contributed by atoms with Gasteiger partial charge in [-0.05, 0) is 73.4 Å². The zero-order chi connectivity index (χ0) is 27.2. The molecule has 0 bridgehead atoms. The fraction of sp³-hybridized carbons (Fsp3) is 0.345. The molecule has 1 saturated heterocycles. The molecule has 9 heteroatoms. The van der Waals surface area contributed by atoms with Gasteiger partial charge < -0.3 is 29.0 Å². The van der Waals surface area contributed by atoms with Gasteiger partial charge >= 0.3 is 0 Å². The molecular weight excluding hydrogens is 526 g/mol. The number of methoxy groups -OCH3 is 4. The molecule has 2 unspecified atom stereocenters. The quantitative estimate of drug-likeness (QED) is 0.279. The number of carbonyl (C=O) groups is 1. The van der Waals surface area contributed by atoms with Crippen molar-refractivity contribution in [1.29, 1.82) is 0 Å². The molecule has 1 heterocycles. The molecule has 0 aromatic heterocycles. The van der Waals surface area contributed by atoms with E-state index >= 15 is 0 Å².